The molecule has 31 heavy (non-hydrogen) atoms. The van der Waals surface area contributed by atoms with Gasteiger partial charge in [0.05, 0.1) is 11.3 Å². The summed E-state index contributed by atoms with van der Waals surface area (Å²) in [7, 11) is 0. The zero-order valence-electron chi connectivity index (χ0n) is 17.9. The molecule has 3 aromatic carbocycles. The molecule has 0 saturated carbocycles. The molecule has 0 radical (unpaired) electrons. The fourth-order valence-corrected chi connectivity index (χ4v) is 3.85. The number of halogens is 1. The van der Waals surface area contributed by atoms with Crippen molar-refractivity contribution in [2.24, 2.45) is 0 Å². The normalized spacial score (nSPS) is 13.9. The molecule has 0 aromatic heterocycles. The van der Waals surface area contributed by atoms with Gasteiger partial charge in [0.2, 0.25) is 0 Å². The van der Waals surface area contributed by atoms with Gasteiger partial charge in [-0.2, -0.15) is 0 Å². The highest BCUT2D eigenvalue weighted by molar-refractivity contribution is 6.46. The molecule has 2 amide bonds. The quantitative estimate of drug-likeness (QED) is 0.577. The number of anilines is 2. The molecule has 5 heteroatoms. The number of benzene rings is 3. The summed E-state index contributed by atoms with van der Waals surface area (Å²) in [6.45, 7) is 7.89. The predicted octanol–water partition coefficient (Wildman–Crippen LogP) is 5.46. The van der Waals surface area contributed by atoms with Gasteiger partial charge in [0.1, 0.15) is 11.5 Å². The van der Waals surface area contributed by atoms with Crippen molar-refractivity contribution in [3.8, 4) is 0 Å². The van der Waals surface area contributed by atoms with Gasteiger partial charge in [0, 0.05) is 5.69 Å². The molecule has 1 heterocycles. The van der Waals surface area contributed by atoms with Crippen molar-refractivity contribution in [2.45, 2.75) is 27.7 Å². The minimum absolute atomic E-state index is 0.183. The Morgan fingerprint density at radius 2 is 1.48 bits per heavy atom. The molecular weight excluding hydrogens is 391 g/mol. The number of rotatable bonds is 4. The Labute approximate surface area is 181 Å². The summed E-state index contributed by atoms with van der Waals surface area (Å²) in [6.07, 6.45) is 0. The standard InChI is InChI=1S/C26H23FN2O2/c1-15-10-16(2)12-21(11-15)28-24-23(19-9-8-17(3)18(4)13-19)25(30)29(26(24)31)22-7-5-6-20(27)14-22/h5-14,28H,1-4H3. The Balaban J connectivity index is 1.87. The summed E-state index contributed by atoms with van der Waals surface area (Å²) < 4.78 is 13.8. The number of hydrogen-bond donors (Lipinski definition) is 1. The lowest BCUT2D eigenvalue weighted by atomic mass is 9.99. The lowest BCUT2D eigenvalue weighted by Gasteiger charge is -2.15. The molecule has 0 atom stereocenters. The van der Waals surface area contributed by atoms with Crippen LogP contribution in [0, 0.1) is 33.5 Å². The molecule has 0 bridgehead atoms. The summed E-state index contributed by atoms with van der Waals surface area (Å²) in [4.78, 5) is 27.9. The summed E-state index contributed by atoms with van der Waals surface area (Å²) >= 11 is 0. The van der Waals surface area contributed by atoms with E-state index in [1.807, 2.05) is 64.1 Å². The average Bonchev–Trinajstić information content (AvgIpc) is 2.93. The topological polar surface area (TPSA) is 49.4 Å². The van der Waals surface area contributed by atoms with Crippen LogP contribution in [0.15, 0.2) is 66.4 Å². The Morgan fingerprint density at radius 1 is 0.774 bits per heavy atom. The summed E-state index contributed by atoms with van der Waals surface area (Å²) in [5.74, 6) is -1.50. The van der Waals surface area contributed by atoms with E-state index >= 15 is 0 Å². The fraction of sp³-hybridized carbons (Fsp3) is 0.154. The Morgan fingerprint density at radius 3 is 2.13 bits per heavy atom. The predicted molar refractivity (Wildman–Crippen MR) is 121 cm³/mol. The molecule has 1 aliphatic rings. The second-order valence-electron chi connectivity index (χ2n) is 7.98. The lowest BCUT2D eigenvalue weighted by Crippen LogP contribution is -2.32. The van der Waals surface area contributed by atoms with Crippen LogP contribution in [0.3, 0.4) is 0 Å². The summed E-state index contributed by atoms with van der Waals surface area (Å²) in [5, 5.41) is 3.17. The molecule has 0 unspecified atom stereocenters. The zero-order valence-corrected chi connectivity index (χ0v) is 17.9. The SMILES string of the molecule is Cc1cc(C)cc(NC2=C(c3ccc(C)c(C)c3)C(=O)N(c3cccc(F)c3)C2=O)c1. The fourth-order valence-electron chi connectivity index (χ4n) is 3.85. The van der Waals surface area contributed by atoms with Crippen LogP contribution in [0.25, 0.3) is 5.57 Å². The van der Waals surface area contributed by atoms with Gasteiger partial charge >= 0.3 is 0 Å². The highest BCUT2D eigenvalue weighted by Crippen LogP contribution is 2.34. The van der Waals surface area contributed by atoms with Crippen molar-refractivity contribution in [1.82, 2.24) is 0 Å². The molecule has 0 saturated heterocycles. The van der Waals surface area contributed by atoms with Gasteiger partial charge in [-0.05, 0) is 85.8 Å². The number of hydrogen-bond acceptors (Lipinski definition) is 3. The van der Waals surface area contributed by atoms with Crippen LogP contribution in [0.5, 0.6) is 0 Å². The molecule has 1 aliphatic heterocycles. The van der Waals surface area contributed by atoms with Gasteiger partial charge in [0.25, 0.3) is 11.8 Å². The molecular formula is C26H23FN2O2. The van der Waals surface area contributed by atoms with Crippen LogP contribution in [-0.4, -0.2) is 11.8 Å². The van der Waals surface area contributed by atoms with Crippen molar-refractivity contribution >= 4 is 28.8 Å². The Hall–Kier alpha value is -3.73. The van der Waals surface area contributed by atoms with E-state index in [2.05, 4.69) is 5.32 Å². The van der Waals surface area contributed by atoms with Crippen molar-refractivity contribution in [3.05, 3.63) is 100.0 Å². The largest absolute Gasteiger partial charge is 0.350 e. The first kappa shape index (κ1) is 20.5. The molecule has 3 aromatic rings. The third kappa shape index (κ3) is 3.87. The second-order valence-corrected chi connectivity index (χ2v) is 7.98. The van der Waals surface area contributed by atoms with E-state index in [-0.39, 0.29) is 17.0 Å². The van der Waals surface area contributed by atoms with Crippen molar-refractivity contribution in [3.63, 3.8) is 0 Å². The molecule has 0 spiro atoms. The van der Waals surface area contributed by atoms with Crippen LogP contribution in [0.1, 0.15) is 27.8 Å². The van der Waals surface area contributed by atoms with Crippen LogP contribution in [0.4, 0.5) is 15.8 Å². The van der Waals surface area contributed by atoms with Crippen LogP contribution >= 0.6 is 0 Å². The maximum absolute atomic E-state index is 13.8. The van der Waals surface area contributed by atoms with Crippen LogP contribution < -0.4 is 10.2 Å². The van der Waals surface area contributed by atoms with E-state index in [1.54, 1.807) is 6.07 Å². The van der Waals surface area contributed by atoms with Gasteiger partial charge in [-0.25, -0.2) is 9.29 Å². The highest BCUT2D eigenvalue weighted by atomic mass is 19.1. The summed E-state index contributed by atoms with van der Waals surface area (Å²) in [6, 6.07) is 17.0. The number of carbonyl (C=O) groups excluding carboxylic acids is 2. The number of nitrogens with zero attached hydrogens (tertiary/aromatic N) is 1. The van der Waals surface area contributed by atoms with Gasteiger partial charge in [-0.15, -0.1) is 0 Å². The minimum atomic E-state index is -0.512. The third-order valence-corrected chi connectivity index (χ3v) is 5.44. The van der Waals surface area contributed by atoms with Crippen LogP contribution in [0.2, 0.25) is 0 Å². The zero-order chi connectivity index (χ0) is 22.3. The second kappa shape index (κ2) is 7.84. The Bertz CT molecular complexity index is 1240. The molecule has 0 fully saturated rings. The molecule has 4 nitrogen and oxygen atoms in total. The molecule has 156 valence electrons. The van der Waals surface area contributed by atoms with Crippen LogP contribution in [-0.2, 0) is 9.59 Å². The first-order chi connectivity index (χ1) is 14.7. The monoisotopic (exact) mass is 414 g/mol. The van der Waals surface area contributed by atoms with Crippen molar-refractivity contribution in [1.29, 1.82) is 0 Å². The number of imide groups is 1. The van der Waals surface area contributed by atoms with E-state index in [9.17, 15) is 14.0 Å². The van der Waals surface area contributed by atoms with Gasteiger partial charge in [-0.1, -0.05) is 30.3 Å². The average molecular weight is 414 g/mol. The van der Waals surface area contributed by atoms with Crippen molar-refractivity contribution < 1.29 is 14.0 Å². The molecule has 0 aliphatic carbocycles. The summed E-state index contributed by atoms with van der Waals surface area (Å²) in [5.41, 5.74) is 6.20. The first-order valence-electron chi connectivity index (χ1n) is 10.1. The first-order valence-corrected chi connectivity index (χ1v) is 10.1. The van der Waals surface area contributed by atoms with E-state index in [0.717, 1.165) is 32.8 Å². The number of amides is 2. The highest BCUT2D eigenvalue weighted by Gasteiger charge is 2.40. The van der Waals surface area contributed by atoms with E-state index < -0.39 is 17.6 Å². The minimum Gasteiger partial charge on any atom is -0.350 e. The smallest absolute Gasteiger partial charge is 0.282 e. The van der Waals surface area contributed by atoms with Gasteiger partial charge in [-0.3, -0.25) is 9.59 Å². The maximum Gasteiger partial charge on any atom is 0.282 e. The maximum atomic E-state index is 13.8. The Kier molecular flexibility index (Phi) is 5.19. The van der Waals surface area contributed by atoms with E-state index in [1.165, 1.54) is 18.2 Å². The van der Waals surface area contributed by atoms with E-state index in [0.29, 0.717) is 5.56 Å². The number of nitrogens with one attached hydrogen (secondary N) is 1. The lowest BCUT2D eigenvalue weighted by molar-refractivity contribution is -0.120. The number of aryl methyl sites for hydroxylation is 4. The molecule has 1 N–H and O–H groups in total. The van der Waals surface area contributed by atoms with Gasteiger partial charge in [0.15, 0.2) is 0 Å². The third-order valence-electron chi connectivity index (χ3n) is 5.44. The van der Waals surface area contributed by atoms with Crippen molar-refractivity contribution in [2.75, 3.05) is 10.2 Å². The van der Waals surface area contributed by atoms with E-state index in [4.69, 9.17) is 0 Å². The number of carbonyl (C=O) groups is 2. The van der Waals surface area contributed by atoms with Gasteiger partial charge < -0.3 is 5.32 Å². The molecule has 4 rings (SSSR count).